The number of benzene rings is 1. The minimum Gasteiger partial charge on any atom is -0.274 e. The molecule has 1 heterocycles. The highest BCUT2D eigenvalue weighted by molar-refractivity contribution is 6.55. The van der Waals surface area contributed by atoms with Gasteiger partial charge >= 0.3 is 0 Å². The zero-order valence-corrected chi connectivity index (χ0v) is 11.4. The molecular formula is C13H17NO2Si. The second-order valence-electron chi connectivity index (χ2n) is 4.84. The van der Waals surface area contributed by atoms with Crippen LogP contribution in [-0.4, -0.2) is 32.1 Å². The SMILES string of the molecule is C[SiH](C)CCCN1C(=O)c2ccccc2C1=O. The van der Waals surface area contributed by atoms with E-state index in [0.717, 1.165) is 6.42 Å². The molecule has 3 nitrogen and oxygen atoms in total. The first kappa shape index (κ1) is 12.0. The Morgan fingerprint density at radius 1 is 1.06 bits per heavy atom. The van der Waals surface area contributed by atoms with Gasteiger partial charge in [-0.05, 0) is 18.6 Å². The van der Waals surface area contributed by atoms with Crippen molar-refractivity contribution in [1.82, 2.24) is 4.90 Å². The van der Waals surface area contributed by atoms with Crippen LogP contribution in [0.25, 0.3) is 0 Å². The van der Waals surface area contributed by atoms with E-state index < -0.39 is 8.80 Å². The van der Waals surface area contributed by atoms with Gasteiger partial charge in [-0.3, -0.25) is 14.5 Å². The van der Waals surface area contributed by atoms with Crippen LogP contribution in [0, 0.1) is 0 Å². The summed E-state index contributed by atoms with van der Waals surface area (Å²) >= 11 is 0. The van der Waals surface area contributed by atoms with E-state index >= 15 is 0 Å². The molecule has 1 aromatic carbocycles. The van der Waals surface area contributed by atoms with Crippen molar-refractivity contribution in [2.75, 3.05) is 6.54 Å². The van der Waals surface area contributed by atoms with Crippen LogP contribution in [0.3, 0.4) is 0 Å². The summed E-state index contributed by atoms with van der Waals surface area (Å²) in [5.41, 5.74) is 1.11. The van der Waals surface area contributed by atoms with Crippen molar-refractivity contribution in [3.8, 4) is 0 Å². The minimum absolute atomic E-state index is 0.129. The standard InChI is InChI=1S/C13H17NO2Si/c1-17(2)9-5-8-14-12(15)10-6-3-4-7-11(10)13(14)16/h3-4,6-7,17H,5,8-9H2,1-2H3. The number of imide groups is 1. The fourth-order valence-corrected chi connectivity index (χ4v) is 3.10. The molecule has 0 N–H and O–H groups in total. The van der Waals surface area contributed by atoms with Crippen LogP contribution in [0.4, 0.5) is 0 Å². The van der Waals surface area contributed by atoms with Crippen molar-refractivity contribution in [1.29, 1.82) is 0 Å². The average Bonchev–Trinajstić information content (AvgIpc) is 2.54. The van der Waals surface area contributed by atoms with E-state index in [1.807, 2.05) is 0 Å². The summed E-state index contributed by atoms with van der Waals surface area (Å²) in [5, 5.41) is 0. The Bertz CT molecular complexity index is 421. The third kappa shape index (κ3) is 2.31. The molecule has 0 radical (unpaired) electrons. The Balaban J connectivity index is 2.08. The summed E-state index contributed by atoms with van der Waals surface area (Å²) in [4.78, 5) is 25.4. The fraction of sp³-hybridized carbons (Fsp3) is 0.385. The van der Waals surface area contributed by atoms with Crippen LogP contribution in [-0.2, 0) is 0 Å². The van der Waals surface area contributed by atoms with E-state index in [1.165, 1.54) is 10.9 Å². The van der Waals surface area contributed by atoms with Gasteiger partial charge in [0.25, 0.3) is 11.8 Å². The van der Waals surface area contributed by atoms with E-state index in [-0.39, 0.29) is 11.8 Å². The van der Waals surface area contributed by atoms with Gasteiger partial charge in [-0.25, -0.2) is 0 Å². The maximum atomic E-state index is 12.0. The fourth-order valence-electron chi connectivity index (χ4n) is 2.10. The van der Waals surface area contributed by atoms with E-state index in [0.29, 0.717) is 17.7 Å². The Morgan fingerprint density at radius 2 is 1.59 bits per heavy atom. The largest absolute Gasteiger partial charge is 0.274 e. The van der Waals surface area contributed by atoms with Crippen LogP contribution in [0.1, 0.15) is 27.1 Å². The molecular weight excluding hydrogens is 230 g/mol. The van der Waals surface area contributed by atoms with Gasteiger partial charge in [0.2, 0.25) is 0 Å². The van der Waals surface area contributed by atoms with Gasteiger partial charge in [0, 0.05) is 15.3 Å². The summed E-state index contributed by atoms with van der Waals surface area (Å²) in [6.45, 7) is 5.13. The molecule has 0 aromatic heterocycles. The van der Waals surface area contributed by atoms with Gasteiger partial charge in [0.1, 0.15) is 0 Å². The second kappa shape index (κ2) is 4.83. The van der Waals surface area contributed by atoms with Gasteiger partial charge in [-0.15, -0.1) is 0 Å². The molecule has 4 heteroatoms. The maximum Gasteiger partial charge on any atom is 0.261 e. The first-order valence-electron chi connectivity index (χ1n) is 6.06. The monoisotopic (exact) mass is 247 g/mol. The number of hydrogen-bond acceptors (Lipinski definition) is 2. The van der Waals surface area contributed by atoms with Crippen molar-refractivity contribution in [3.05, 3.63) is 35.4 Å². The maximum absolute atomic E-state index is 12.0. The highest BCUT2D eigenvalue weighted by atomic mass is 28.3. The predicted octanol–water partition coefficient (Wildman–Crippen LogP) is 2.16. The van der Waals surface area contributed by atoms with Crippen LogP contribution in [0.15, 0.2) is 24.3 Å². The highest BCUT2D eigenvalue weighted by Gasteiger charge is 2.34. The Morgan fingerprint density at radius 3 is 2.06 bits per heavy atom. The highest BCUT2D eigenvalue weighted by Crippen LogP contribution is 2.22. The van der Waals surface area contributed by atoms with Crippen LogP contribution < -0.4 is 0 Å². The minimum atomic E-state index is -0.596. The van der Waals surface area contributed by atoms with Crippen molar-refractivity contribution in [3.63, 3.8) is 0 Å². The van der Waals surface area contributed by atoms with E-state index in [4.69, 9.17) is 0 Å². The Hall–Kier alpha value is -1.42. The molecule has 0 saturated heterocycles. The smallest absolute Gasteiger partial charge is 0.261 e. The molecule has 1 aliphatic rings. The first-order valence-corrected chi connectivity index (χ1v) is 9.19. The molecule has 0 bridgehead atoms. The number of carbonyl (C=O) groups is 2. The summed E-state index contributed by atoms with van der Waals surface area (Å²) < 4.78 is 0. The first-order chi connectivity index (χ1) is 8.11. The van der Waals surface area contributed by atoms with Crippen LogP contribution in [0.2, 0.25) is 19.1 Å². The van der Waals surface area contributed by atoms with Gasteiger partial charge < -0.3 is 0 Å². The van der Waals surface area contributed by atoms with Crippen molar-refractivity contribution < 1.29 is 9.59 Å². The number of amides is 2. The average molecular weight is 247 g/mol. The molecule has 0 fully saturated rings. The third-order valence-corrected chi connectivity index (χ3v) is 4.60. The zero-order valence-electron chi connectivity index (χ0n) is 10.3. The normalized spacial score (nSPS) is 14.6. The van der Waals surface area contributed by atoms with E-state index in [1.54, 1.807) is 24.3 Å². The van der Waals surface area contributed by atoms with E-state index in [2.05, 4.69) is 13.1 Å². The lowest BCUT2D eigenvalue weighted by atomic mass is 10.1. The molecule has 2 amide bonds. The third-order valence-electron chi connectivity index (χ3n) is 3.04. The lowest BCUT2D eigenvalue weighted by Crippen LogP contribution is -2.31. The second-order valence-corrected chi connectivity index (χ2v) is 8.21. The molecule has 0 spiro atoms. The van der Waals surface area contributed by atoms with Crippen LogP contribution >= 0.6 is 0 Å². The molecule has 0 unspecified atom stereocenters. The summed E-state index contributed by atoms with van der Waals surface area (Å²) in [5.74, 6) is -0.257. The number of rotatable bonds is 4. The van der Waals surface area contributed by atoms with Gasteiger partial charge in [0.05, 0.1) is 11.1 Å². The van der Waals surface area contributed by atoms with Gasteiger partial charge in [-0.2, -0.15) is 0 Å². The number of fused-ring (bicyclic) bond motifs is 1. The van der Waals surface area contributed by atoms with Gasteiger partial charge in [-0.1, -0.05) is 31.3 Å². The molecule has 1 aromatic rings. The predicted molar refractivity (Wildman–Crippen MR) is 70.1 cm³/mol. The Labute approximate surface area is 103 Å². The molecule has 0 saturated carbocycles. The molecule has 0 atom stereocenters. The molecule has 17 heavy (non-hydrogen) atoms. The van der Waals surface area contributed by atoms with Crippen molar-refractivity contribution in [2.45, 2.75) is 25.6 Å². The molecule has 2 rings (SSSR count). The number of hydrogen-bond donors (Lipinski definition) is 0. The van der Waals surface area contributed by atoms with Crippen LogP contribution in [0.5, 0.6) is 0 Å². The summed E-state index contributed by atoms with van der Waals surface area (Å²) in [6, 6.07) is 8.23. The number of carbonyl (C=O) groups excluding carboxylic acids is 2. The van der Waals surface area contributed by atoms with E-state index in [9.17, 15) is 9.59 Å². The zero-order chi connectivity index (χ0) is 12.4. The lowest BCUT2D eigenvalue weighted by molar-refractivity contribution is 0.0654. The molecule has 1 aliphatic heterocycles. The number of nitrogens with zero attached hydrogens (tertiary/aromatic N) is 1. The lowest BCUT2D eigenvalue weighted by Gasteiger charge is -2.13. The molecule has 90 valence electrons. The quantitative estimate of drug-likeness (QED) is 0.604. The summed E-state index contributed by atoms with van der Waals surface area (Å²) in [6.07, 6.45) is 0.940. The molecule has 0 aliphatic carbocycles. The van der Waals surface area contributed by atoms with Gasteiger partial charge in [0.15, 0.2) is 0 Å². The van der Waals surface area contributed by atoms with Crippen molar-refractivity contribution >= 4 is 20.6 Å². The summed E-state index contributed by atoms with van der Waals surface area (Å²) in [7, 11) is -0.596. The van der Waals surface area contributed by atoms with Crippen molar-refractivity contribution in [2.24, 2.45) is 0 Å². The topological polar surface area (TPSA) is 37.4 Å². The Kier molecular flexibility index (Phi) is 3.42.